The van der Waals surface area contributed by atoms with E-state index in [9.17, 15) is 0 Å². The fraction of sp³-hybridized carbons (Fsp3) is 0.158. The monoisotopic (exact) mass is 361 g/mol. The van der Waals surface area contributed by atoms with Crippen molar-refractivity contribution < 1.29 is 4.74 Å². The molecule has 0 amide bonds. The zero-order chi connectivity index (χ0) is 19.0. The van der Waals surface area contributed by atoms with E-state index < -0.39 is 0 Å². The van der Waals surface area contributed by atoms with Crippen molar-refractivity contribution in [2.45, 2.75) is 13.5 Å². The molecule has 0 aliphatic heterocycles. The van der Waals surface area contributed by atoms with Gasteiger partial charge in [-0.2, -0.15) is 0 Å². The van der Waals surface area contributed by atoms with Gasteiger partial charge in [-0.1, -0.05) is 0 Å². The molecule has 0 spiro atoms. The third kappa shape index (κ3) is 3.24. The summed E-state index contributed by atoms with van der Waals surface area (Å²) in [5.41, 5.74) is 15.9. The normalized spacial score (nSPS) is 11.0. The van der Waals surface area contributed by atoms with Gasteiger partial charge in [-0.15, -0.1) is 0 Å². The Labute approximate surface area is 155 Å². The lowest BCUT2D eigenvalue weighted by Crippen LogP contribution is -2.04. The lowest BCUT2D eigenvalue weighted by atomic mass is 10.1. The fourth-order valence-electron chi connectivity index (χ4n) is 3.03. The maximum Gasteiger partial charge on any atom is 0.213 e. The molecule has 0 aliphatic rings. The number of nitrogens with zero attached hydrogens (tertiary/aromatic N) is 5. The molecule has 8 nitrogen and oxygen atoms in total. The smallest absolute Gasteiger partial charge is 0.213 e. The Morgan fingerprint density at radius 3 is 2.52 bits per heavy atom. The minimum atomic E-state index is 0.362. The minimum absolute atomic E-state index is 0.362. The van der Waals surface area contributed by atoms with Gasteiger partial charge in [-0.25, -0.2) is 19.9 Å². The lowest BCUT2D eigenvalue weighted by molar-refractivity contribution is 0.397. The second-order valence-corrected chi connectivity index (χ2v) is 6.20. The highest BCUT2D eigenvalue weighted by molar-refractivity contribution is 5.77. The molecule has 4 aromatic rings. The SMILES string of the molecule is COc1cc(Cn2c(C)nc3ccc(-c4cc(N)nc(N)c4)nc32)ccn1. The Kier molecular flexibility index (Phi) is 4.08. The van der Waals surface area contributed by atoms with Gasteiger partial charge in [0.1, 0.15) is 23.0 Å². The molecule has 0 saturated heterocycles. The number of aromatic nitrogens is 5. The number of ether oxygens (including phenoxy) is 1. The summed E-state index contributed by atoms with van der Waals surface area (Å²) in [6.07, 6.45) is 1.73. The first-order chi connectivity index (χ1) is 13.0. The Morgan fingerprint density at radius 2 is 1.78 bits per heavy atom. The topological polar surface area (TPSA) is 118 Å². The summed E-state index contributed by atoms with van der Waals surface area (Å²) in [6.45, 7) is 2.57. The lowest BCUT2D eigenvalue weighted by Gasteiger charge is -2.09. The molecule has 0 aromatic carbocycles. The quantitative estimate of drug-likeness (QED) is 0.573. The van der Waals surface area contributed by atoms with Crippen LogP contribution in [0.15, 0.2) is 42.6 Å². The second kappa shape index (κ2) is 6.56. The molecular formula is C19H19N7O. The van der Waals surface area contributed by atoms with Crippen molar-refractivity contribution in [1.82, 2.24) is 24.5 Å². The van der Waals surface area contributed by atoms with E-state index in [4.69, 9.17) is 21.2 Å². The average Bonchev–Trinajstić information content (AvgIpc) is 2.96. The molecule has 0 radical (unpaired) electrons. The first kappa shape index (κ1) is 16.8. The first-order valence-electron chi connectivity index (χ1n) is 8.39. The number of pyridine rings is 3. The minimum Gasteiger partial charge on any atom is -0.481 e. The molecule has 8 heteroatoms. The number of fused-ring (bicyclic) bond motifs is 1. The molecule has 0 fully saturated rings. The molecule has 4 rings (SSSR count). The molecule has 136 valence electrons. The molecule has 0 unspecified atom stereocenters. The number of hydrogen-bond acceptors (Lipinski definition) is 7. The third-order valence-corrected chi connectivity index (χ3v) is 4.29. The predicted octanol–water partition coefficient (Wildman–Crippen LogP) is 2.42. The summed E-state index contributed by atoms with van der Waals surface area (Å²) in [6, 6.07) is 11.2. The van der Waals surface area contributed by atoms with E-state index in [1.54, 1.807) is 25.4 Å². The van der Waals surface area contributed by atoms with Crippen molar-refractivity contribution in [1.29, 1.82) is 0 Å². The van der Waals surface area contributed by atoms with E-state index >= 15 is 0 Å². The summed E-state index contributed by atoms with van der Waals surface area (Å²) in [5, 5.41) is 0. The number of nitrogen functional groups attached to an aromatic ring is 2. The van der Waals surface area contributed by atoms with Crippen LogP contribution in [0.2, 0.25) is 0 Å². The summed E-state index contributed by atoms with van der Waals surface area (Å²) in [5.74, 6) is 2.17. The molecule has 4 N–H and O–H groups in total. The highest BCUT2D eigenvalue weighted by atomic mass is 16.5. The van der Waals surface area contributed by atoms with Crippen molar-refractivity contribution >= 4 is 22.8 Å². The fourth-order valence-corrected chi connectivity index (χ4v) is 3.03. The molecule has 4 aromatic heterocycles. The van der Waals surface area contributed by atoms with E-state index in [0.717, 1.165) is 33.8 Å². The zero-order valence-corrected chi connectivity index (χ0v) is 15.0. The van der Waals surface area contributed by atoms with Crippen molar-refractivity contribution in [3.05, 3.63) is 54.0 Å². The summed E-state index contributed by atoms with van der Waals surface area (Å²) >= 11 is 0. The molecule has 0 bridgehead atoms. The number of nitrogens with two attached hydrogens (primary N) is 2. The number of imidazole rings is 1. The van der Waals surface area contributed by atoms with E-state index in [0.29, 0.717) is 24.1 Å². The maximum absolute atomic E-state index is 5.82. The Hall–Kier alpha value is -3.68. The van der Waals surface area contributed by atoms with Crippen LogP contribution in [-0.2, 0) is 6.54 Å². The summed E-state index contributed by atoms with van der Waals surface area (Å²) in [4.78, 5) is 17.6. The number of anilines is 2. The van der Waals surface area contributed by atoms with Crippen LogP contribution >= 0.6 is 0 Å². The Morgan fingerprint density at radius 1 is 1.00 bits per heavy atom. The van der Waals surface area contributed by atoms with E-state index in [2.05, 4.69) is 19.5 Å². The molecule has 27 heavy (non-hydrogen) atoms. The van der Waals surface area contributed by atoms with Crippen LogP contribution in [0.3, 0.4) is 0 Å². The van der Waals surface area contributed by atoms with E-state index in [1.807, 2.05) is 31.2 Å². The van der Waals surface area contributed by atoms with Gasteiger partial charge in [0.2, 0.25) is 5.88 Å². The number of hydrogen-bond donors (Lipinski definition) is 2. The average molecular weight is 361 g/mol. The third-order valence-electron chi connectivity index (χ3n) is 4.29. The number of rotatable bonds is 4. The van der Waals surface area contributed by atoms with Crippen molar-refractivity contribution in [2.24, 2.45) is 0 Å². The van der Waals surface area contributed by atoms with Gasteiger partial charge in [-0.05, 0) is 42.8 Å². The van der Waals surface area contributed by atoms with E-state index in [-0.39, 0.29) is 0 Å². The van der Waals surface area contributed by atoms with E-state index in [1.165, 1.54) is 0 Å². The predicted molar refractivity (Wildman–Crippen MR) is 104 cm³/mol. The van der Waals surface area contributed by atoms with Crippen LogP contribution in [0.1, 0.15) is 11.4 Å². The van der Waals surface area contributed by atoms with Gasteiger partial charge in [-0.3, -0.25) is 0 Å². The highest BCUT2D eigenvalue weighted by Gasteiger charge is 2.12. The van der Waals surface area contributed by atoms with Crippen molar-refractivity contribution in [3.63, 3.8) is 0 Å². The Bertz CT molecular complexity index is 1120. The summed E-state index contributed by atoms with van der Waals surface area (Å²) < 4.78 is 7.27. The van der Waals surface area contributed by atoms with Crippen LogP contribution in [0, 0.1) is 6.92 Å². The van der Waals surface area contributed by atoms with Crippen LogP contribution in [0.25, 0.3) is 22.4 Å². The van der Waals surface area contributed by atoms with Gasteiger partial charge in [0.05, 0.1) is 19.3 Å². The largest absolute Gasteiger partial charge is 0.481 e. The maximum atomic E-state index is 5.82. The van der Waals surface area contributed by atoms with Gasteiger partial charge >= 0.3 is 0 Å². The van der Waals surface area contributed by atoms with Crippen molar-refractivity contribution in [3.8, 4) is 17.1 Å². The van der Waals surface area contributed by atoms with Crippen LogP contribution in [-0.4, -0.2) is 31.6 Å². The van der Waals surface area contributed by atoms with Crippen LogP contribution in [0.5, 0.6) is 5.88 Å². The zero-order valence-electron chi connectivity index (χ0n) is 15.0. The molecule has 0 saturated carbocycles. The number of aryl methyl sites for hydroxylation is 1. The molecule has 0 atom stereocenters. The standard InChI is InChI=1S/C19H19N7O/c1-11-23-15-4-3-14(13-8-16(20)25-17(21)9-13)24-19(15)26(11)10-12-5-6-22-18(7-12)27-2/h3-9H,10H2,1-2H3,(H4,20,21,25). The van der Waals surface area contributed by atoms with Gasteiger partial charge in [0.25, 0.3) is 0 Å². The van der Waals surface area contributed by atoms with Gasteiger partial charge in [0.15, 0.2) is 5.65 Å². The summed E-state index contributed by atoms with van der Waals surface area (Å²) in [7, 11) is 1.60. The molecular weight excluding hydrogens is 342 g/mol. The van der Waals surface area contributed by atoms with Gasteiger partial charge < -0.3 is 20.8 Å². The highest BCUT2D eigenvalue weighted by Crippen LogP contribution is 2.25. The van der Waals surface area contributed by atoms with Crippen LogP contribution < -0.4 is 16.2 Å². The number of methoxy groups -OCH3 is 1. The Balaban J connectivity index is 1.80. The van der Waals surface area contributed by atoms with Crippen molar-refractivity contribution in [2.75, 3.05) is 18.6 Å². The molecule has 4 heterocycles. The van der Waals surface area contributed by atoms with Gasteiger partial charge in [0, 0.05) is 17.8 Å². The first-order valence-corrected chi connectivity index (χ1v) is 8.39. The second-order valence-electron chi connectivity index (χ2n) is 6.20. The molecule has 0 aliphatic carbocycles. The van der Waals surface area contributed by atoms with Crippen LogP contribution in [0.4, 0.5) is 11.6 Å².